The van der Waals surface area contributed by atoms with E-state index in [9.17, 15) is 0 Å². The highest BCUT2D eigenvalue weighted by Crippen LogP contribution is 2.37. The first-order chi connectivity index (χ1) is 23.3. The van der Waals surface area contributed by atoms with Crippen LogP contribution in [0.1, 0.15) is 33.4 Å². The van der Waals surface area contributed by atoms with Crippen molar-refractivity contribution in [2.45, 2.75) is 41.5 Å². The van der Waals surface area contributed by atoms with Gasteiger partial charge in [-0.2, -0.15) is 0 Å². The van der Waals surface area contributed by atoms with Crippen molar-refractivity contribution in [1.29, 1.82) is 0 Å². The van der Waals surface area contributed by atoms with Crippen LogP contribution in [0, 0.1) is 41.5 Å². The lowest BCUT2D eigenvalue weighted by molar-refractivity contribution is 1.13. The molecular weight excluding hydrogens is 581 g/mol. The first-order valence-electron chi connectivity index (χ1n) is 16.7. The molecule has 0 aliphatic heterocycles. The maximum absolute atomic E-state index is 4.99. The molecule has 1 heterocycles. The van der Waals surface area contributed by atoms with Gasteiger partial charge < -0.3 is 0 Å². The Kier molecular flexibility index (Phi) is 8.41. The second-order valence-corrected chi connectivity index (χ2v) is 13.1. The van der Waals surface area contributed by atoms with Gasteiger partial charge in [-0.25, -0.2) is 4.98 Å². The first kappa shape index (κ1) is 31.1. The van der Waals surface area contributed by atoms with Gasteiger partial charge in [-0.3, -0.25) is 9.88 Å². The summed E-state index contributed by atoms with van der Waals surface area (Å²) < 4.78 is 0. The average molecular weight is 622 g/mol. The number of hydrogen-bond acceptors (Lipinski definition) is 3. The Bertz CT molecular complexity index is 2140. The number of aromatic nitrogens is 2. The molecule has 1 aromatic heterocycles. The first-order valence-corrected chi connectivity index (χ1v) is 16.7. The van der Waals surface area contributed by atoms with E-state index in [0.29, 0.717) is 0 Å². The molecule has 0 saturated carbocycles. The molecule has 0 N–H and O–H groups in total. The van der Waals surface area contributed by atoms with Gasteiger partial charge in [-0.05, 0) is 65.1 Å². The van der Waals surface area contributed by atoms with Crippen molar-refractivity contribution in [3.8, 4) is 11.3 Å². The van der Waals surface area contributed by atoms with E-state index in [1.807, 2.05) is 30.6 Å². The summed E-state index contributed by atoms with van der Waals surface area (Å²) in [5, 5.41) is 2.40. The number of benzene rings is 6. The largest absolute Gasteiger partial charge is 0.293 e. The highest BCUT2D eigenvalue weighted by molar-refractivity contribution is 6.98. The number of anilines is 3. The zero-order valence-corrected chi connectivity index (χ0v) is 28.6. The molecule has 7 aromatic rings. The summed E-state index contributed by atoms with van der Waals surface area (Å²) in [7, 11) is 0. The minimum Gasteiger partial charge on any atom is -0.293 e. The maximum Gasteiger partial charge on any atom is 0.243 e. The van der Waals surface area contributed by atoms with Crippen molar-refractivity contribution < 1.29 is 0 Å². The lowest BCUT2D eigenvalue weighted by Gasteiger charge is -2.29. The highest BCUT2D eigenvalue weighted by atomic mass is 15.2. The van der Waals surface area contributed by atoms with Gasteiger partial charge in [-0.15, -0.1) is 0 Å². The number of fused-ring (bicyclic) bond motifs is 1. The number of hydrogen-bond donors (Lipinski definition) is 0. The molecule has 0 aliphatic carbocycles. The molecule has 4 heteroatoms. The summed E-state index contributed by atoms with van der Waals surface area (Å²) in [4.78, 5) is 12.1. The molecular formula is C44H40BN3. The van der Waals surface area contributed by atoms with Gasteiger partial charge in [0.1, 0.15) is 0 Å². The van der Waals surface area contributed by atoms with Crippen molar-refractivity contribution in [3.05, 3.63) is 167 Å². The predicted molar refractivity (Wildman–Crippen MR) is 206 cm³/mol. The number of rotatable bonds is 7. The van der Waals surface area contributed by atoms with E-state index in [-0.39, 0.29) is 6.71 Å². The van der Waals surface area contributed by atoms with E-state index < -0.39 is 0 Å². The van der Waals surface area contributed by atoms with Gasteiger partial charge >= 0.3 is 0 Å². The van der Waals surface area contributed by atoms with Crippen LogP contribution < -0.4 is 21.3 Å². The molecule has 0 bridgehead atoms. The zero-order chi connectivity index (χ0) is 33.4. The standard InChI is InChI=1S/C44H40BN3/c1-29-23-31(3)43(32(4)24-29)45(44-33(5)25-30(2)26-34(44)6)39-21-22-41(38-20-14-13-19-37(38)39)48(36-17-11-8-12-18-36)42-28-46-40(27-47-42)35-15-9-7-10-16-35/h7-28H,1-6H3. The summed E-state index contributed by atoms with van der Waals surface area (Å²) in [6, 6.07) is 43.5. The van der Waals surface area contributed by atoms with E-state index in [1.54, 1.807) is 0 Å². The summed E-state index contributed by atoms with van der Waals surface area (Å²) in [5.74, 6) is 0.769. The Balaban J connectivity index is 1.47. The van der Waals surface area contributed by atoms with Gasteiger partial charge in [0.15, 0.2) is 5.82 Å². The molecule has 48 heavy (non-hydrogen) atoms. The predicted octanol–water partition coefficient (Wildman–Crippen LogP) is 9.13. The van der Waals surface area contributed by atoms with Crippen molar-refractivity contribution in [2.24, 2.45) is 0 Å². The third-order valence-corrected chi connectivity index (χ3v) is 9.49. The van der Waals surface area contributed by atoms with Crippen LogP contribution in [0.15, 0.2) is 134 Å². The topological polar surface area (TPSA) is 29.0 Å². The normalized spacial score (nSPS) is 11.1. The summed E-state index contributed by atoms with van der Waals surface area (Å²) in [6.07, 6.45) is 3.76. The van der Waals surface area contributed by atoms with Gasteiger partial charge in [0.05, 0.1) is 23.8 Å². The van der Waals surface area contributed by atoms with Crippen molar-refractivity contribution in [3.63, 3.8) is 0 Å². The minimum atomic E-state index is 0.0697. The molecule has 0 aliphatic rings. The lowest BCUT2D eigenvalue weighted by atomic mass is 9.33. The van der Waals surface area contributed by atoms with Crippen LogP contribution in [0.2, 0.25) is 0 Å². The zero-order valence-electron chi connectivity index (χ0n) is 28.6. The third-order valence-electron chi connectivity index (χ3n) is 9.49. The van der Waals surface area contributed by atoms with E-state index in [2.05, 4.69) is 150 Å². The smallest absolute Gasteiger partial charge is 0.243 e. The molecule has 0 fully saturated rings. The van der Waals surface area contributed by atoms with Crippen LogP contribution in [0.4, 0.5) is 17.2 Å². The summed E-state index contributed by atoms with van der Waals surface area (Å²) in [5.41, 5.74) is 16.0. The molecule has 3 nitrogen and oxygen atoms in total. The van der Waals surface area contributed by atoms with Gasteiger partial charge in [0.2, 0.25) is 6.71 Å². The molecule has 234 valence electrons. The average Bonchev–Trinajstić information content (AvgIpc) is 3.08. The van der Waals surface area contributed by atoms with E-state index >= 15 is 0 Å². The lowest BCUT2D eigenvalue weighted by Crippen LogP contribution is -2.56. The minimum absolute atomic E-state index is 0.0697. The van der Waals surface area contributed by atoms with Crippen molar-refractivity contribution in [1.82, 2.24) is 9.97 Å². The van der Waals surface area contributed by atoms with Gasteiger partial charge in [0, 0.05) is 16.6 Å². The number of para-hydroxylation sites is 1. The number of aryl methyl sites for hydroxylation is 6. The molecule has 0 amide bonds. The number of nitrogens with zero attached hydrogens (tertiary/aromatic N) is 3. The summed E-state index contributed by atoms with van der Waals surface area (Å²) in [6.45, 7) is 13.5. The van der Waals surface area contributed by atoms with E-state index in [0.717, 1.165) is 28.5 Å². The summed E-state index contributed by atoms with van der Waals surface area (Å²) >= 11 is 0. The fourth-order valence-electron chi connectivity index (χ4n) is 7.67. The Hall–Kier alpha value is -5.48. The Morgan fingerprint density at radius 3 is 1.56 bits per heavy atom. The van der Waals surface area contributed by atoms with Gasteiger partial charge in [-0.1, -0.05) is 153 Å². The van der Waals surface area contributed by atoms with Crippen LogP contribution in [-0.4, -0.2) is 16.7 Å². The molecule has 6 aromatic carbocycles. The third kappa shape index (κ3) is 5.79. The monoisotopic (exact) mass is 621 g/mol. The van der Waals surface area contributed by atoms with Crippen LogP contribution in [-0.2, 0) is 0 Å². The van der Waals surface area contributed by atoms with E-state index in [4.69, 9.17) is 9.97 Å². The molecule has 0 spiro atoms. The molecule has 0 saturated heterocycles. The fraction of sp³-hybridized carbons (Fsp3) is 0.136. The van der Waals surface area contributed by atoms with Crippen molar-refractivity contribution in [2.75, 3.05) is 4.90 Å². The van der Waals surface area contributed by atoms with E-state index in [1.165, 1.54) is 60.5 Å². The molecule has 0 radical (unpaired) electrons. The van der Waals surface area contributed by atoms with Crippen molar-refractivity contribution >= 4 is 51.1 Å². The second kappa shape index (κ2) is 13.0. The van der Waals surface area contributed by atoms with Crippen LogP contribution in [0.3, 0.4) is 0 Å². The molecule has 0 atom stereocenters. The molecule has 7 rings (SSSR count). The second-order valence-electron chi connectivity index (χ2n) is 13.1. The SMILES string of the molecule is Cc1cc(C)c(B(c2c(C)cc(C)cc2C)c2ccc(N(c3ccccc3)c3cnc(-c4ccccc4)cn3)c3ccccc23)c(C)c1. The van der Waals surface area contributed by atoms with Crippen LogP contribution in [0.25, 0.3) is 22.0 Å². The quantitative estimate of drug-likeness (QED) is 0.166. The Labute approximate surface area is 285 Å². The fourth-order valence-corrected chi connectivity index (χ4v) is 7.67. The maximum atomic E-state index is 4.99. The van der Waals surface area contributed by atoms with Crippen LogP contribution in [0.5, 0.6) is 0 Å². The van der Waals surface area contributed by atoms with Crippen LogP contribution >= 0.6 is 0 Å². The van der Waals surface area contributed by atoms with Gasteiger partial charge in [0.25, 0.3) is 0 Å². The highest BCUT2D eigenvalue weighted by Gasteiger charge is 2.31. The Morgan fingerprint density at radius 1 is 0.500 bits per heavy atom. The Morgan fingerprint density at radius 2 is 1.02 bits per heavy atom. The molecule has 0 unspecified atom stereocenters.